The lowest BCUT2D eigenvalue weighted by Gasteiger charge is -2.10. The maximum absolute atomic E-state index is 5.62. The molecule has 0 bridgehead atoms. The van der Waals surface area contributed by atoms with E-state index >= 15 is 0 Å². The predicted molar refractivity (Wildman–Crippen MR) is 87.4 cm³/mol. The van der Waals surface area contributed by atoms with Gasteiger partial charge in [0.1, 0.15) is 23.0 Å². The molecular weight excluding hydrogens is 310 g/mol. The van der Waals surface area contributed by atoms with Crippen molar-refractivity contribution in [2.45, 2.75) is 20.0 Å². The fourth-order valence-electron chi connectivity index (χ4n) is 1.95. The van der Waals surface area contributed by atoms with Gasteiger partial charge in [-0.05, 0) is 32.0 Å². The highest BCUT2D eigenvalue weighted by atomic mass is 16.5. The topological polar surface area (TPSA) is 95.2 Å². The lowest BCUT2D eigenvalue weighted by Crippen LogP contribution is -2.06. The van der Waals surface area contributed by atoms with Crippen LogP contribution in [0.25, 0.3) is 11.5 Å². The van der Waals surface area contributed by atoms with Crippen molar-refractivity contribution in [3.8, 4) is 23.0 Å². The Morgan fingerprint density at radius 1 is 1.12 bits per heavy atom. The van der Waals surface area contributed by atoms with Crippen molar-refractivity contribution >= 4 is 11.8 Å². The number of anilines is 2. The second kappa shape index (κ2) is 6.95. The maximum Gasteiger partial charge on any atom is 0.327 e. The van der Waals surface area contributed by atoms with Gasteiger partial charge in [-0.25, -0.2) is 9.97 Å². The zero-order valence-electron chi connectivity index (χ0n) is 13.6. The molecule has 0 saturated heterocycles. The molecule has 0 unspecified atom stereocenters. The lowest BCUT2D eigenvalue weighted by atomic mass is 10.3. The molecule has 3 aromatic rings. The average Bonchev–Trinajstić information content (AvgIpc) is 3.03. The van der Waals surface area contributed by atoms with Crippen LogP contribution < -0.4 is 14.8 Å². The fourth-order valence-corrected chi connectivity index (χ4v) is 1.95. The van der Waals surface area contributed by atoms with Crippen LogP contribution in [-0.2, 0) is 0 Å². The number of aromatic nitrogens is 4. The van der Waals surface area contributed by atoms with Crippen LogP contribution in [0.4, 0.5) is 11.8 Å². The van der Waals surface area contributed by atoms with E-state index < -0.39 is 0 Å². The van der Waals surface area contributed by atoms with Crippen LogP contribution >= 0.6 is 0 Å². The highest BCUT2D eigenvalue weighted by Gasteiger charge is 2.11. The molecule has 0 aromatic carbocycles. The Kier molecular flexibility index (Phi) is 4.55. The number of hydrogen-bond donors (Lipinski definition) is 1. The maximum atomic E-state index is 5.62. The van der Waals surface area contributed by atoms with Gasteiger partial charge in [0.05, 0.1) is 19.4 Å². The Bertz CT molecular complexity index is 801. The van der Waals surface area contributed by atoms with Gasteiger partial charge in [-0.15, -0.1) is 0 Å². The second-order valence-corrected chi connectivity index (χ2v) is 5.17. The summed E-state index contributed by atoms with van der Waals surface area (Å²) in [6.45, 7) is 3.92. The first-order valence-corrected chi connectivity index (χ1v) is 7.38. The van der Waals surface area contributed by atoms with Crippen LogP contribution in [-0.4, -0.2) is 33.3 Å². The van der Waals surface area contributed by atoms with Crippen LogP contribution in [0.1, 0.15) is 13.8 Å². The third-order valence-corrected chi connectivity index (χ3v) is 2.97. The monoisotopic (exact) mass is 327 g/mol. The fraction of sp³-hybridized carbons (Fsp3) is 0.250. The molecule has 0 radical (unpaired) electrons. The van der Waals surface area contributed by atoms with Gasteiger partial charge in [-0.1, -0.05) is 5.16 Å². The second-order valence-electron chi connectivity index (χ2n) is 5.17. The first-order valence-electron chi connectivity index (χ1n) is 7.38. The van der Waals surface area contributed by atoms with Crippen LogP contribution in [0.5, 0.6) is 11.5 Å². The van der Waals surface area contributed by atoms with Gasteiger partial charge in [0.15, 0.2) is 0 Å². The Balaban J connectivity index is 1.73. The predicted octanol–water partition coefficient (Wildman–Crippen LogP) is 3.07. The molecule has 0 saturated carbocycles. The summed E-state index contributed by atoms with van der Waals surface area (Å²) in [4.78, 5) is 12.7. The number of methoxy groups -OCH3 is 1. The van der Waals surface area contributed by atoms with Crippen LogP contribution in [0.3, 0.4) is 0 Å². The van der Waals surface area contributed by atoms with Gasteiger partial charge in [0.25, 0.3) is 0 Å². The van der Waals surface area contributed by atoms with E-state index in [-0.39, 0.29) is 12.1 Å². The first-order chi connectivity index (χ1) is 11.6. The molecular formula is C16H17N5O3. The van der Waals surface area contributed by atoms with Crippen molar-refractivity contribution < 1.29 is 14.0 Å². The highest BCUT2D eigenvalue weighted by Crippen LogP contribution is 2.22. The molecule has 0 aliphatic rings. The van der Waals surface area contributed by atoms with E-state index in [1.807, 2.05) is 13.8 Å². The van der Waals surface area contributed by atoms with Crippen LogP contribution in [0.15, 0.2) is 41.2 Å². The molecule has 3 rings (SSSR count). The summed E-state index contributed by atoms with van der Waals surface area (Å²) in [7, 11) is 1.58. The standard InChI is InChI=1S/C16H17N5O3/c1-10(2)23-11-6-7-17-14(8-11)19-16-20-15(21-24-16)13-5-4-12(22-3)9-18-13/h4-10H,1-3H3,(H,17,19,20,21). The number of rotatable bonds is 6. The van der Waals surface area contributed by atoms with Crippen molar-refractivity contribution in [2.75, 3.05) is 12.4 Å². The Morgan fingerprint density at radius 2 is 2.00 bits per heavy atom. The van der Waals surface area contributed by atoms with E-state index in [2.05, 4.69) is 25.4 Å². The summed E-state index contributed by atoms with van der Waals surface area (Å²) in [6, 6.07) is 7.29. The average molecular weight is 327 g/mol. The van der Waals surface area contributed by atoms with E-state index in [4.69, 9.17) is 14.0 Å². The van der Waals surface area contributed by atoms with Crippen molar-refractivity contribution in [1.29, 1.82) is 0 Å². The summed E-state index contributed by atoms with van der Waals surface area (Å²) in [5.41, 5.74) is 0.581. The van der Waals surface area contributed by atoms with E-state index in [1.165, 1.54) is 0 Å². The van der Waals surface area contributed by atoms with Gasteiger partial charge in [0.2, 0.25) is 5.82 Å². The number of nitrogens with zero attached hydrogens (tertiary/aromatic N) is 4. The van der Waals surface area contributed by atoms with Gasteiger partial charge in [0, 0.05) is 12.3 Å². The smallest absolute Gasteiger partial charge is 0.327 e. The zero-order valence-corrected chi connectivity index (χ0v) is 13.6. The van der Waals surface area contributed by atoms with Crippen molar-refractivity contribution in [3.63, 3.8) is 0 Å². The van der Waals surface area contributed by atoms with Gasteiger partial charge in [-0.2, -0.15) is 4.98 Å². The van der Waals surface area contributed by atoms with Crippen molar-refractivity contribution in [3.05, 3.63) is 36.7 Å². The van der Waals surface area contributed by atoms with E-state index in [1.54, 1.807) is 43.8 Å². The molecule has 0 atom stereocenters. The third-order valence-electron chi connectivity index (χ3n) is 2.97. The molecule has 0 spiro atoms. The molecule has 0 fully saturated rings. The largest absolute Gasteiger partial charge is 0.495 e. The highest BCUT2D eigenvalue weighted by molar-refractivity contribution is 5.54. The number of ether oxygens (including phenoxy) is 2. The molecule has 124 valence electrons. The number of hydrogen-bond acceptors (Lipinski definition) is 8. The van der Waals surface area contributed by atoms with Crippen LogP contribution in [0, 0.1) is 0 Å². The quantitative estimate of drug-likeness (QED) is 0.738. The van der Waals surface area contributed by atoms with E-state index in [9.17, 15) is 0 Å². The molecule has 3 heterocycles. The summed E-state index contributed by atoms with van der Waals surface area (Å²) in [5, 5.41) is 6.84. The number of nitrogens with one attached hydrogen (secondary N) is 1. The SMILES string of the molecule is COc1ccc(-c2noc(Nc3cc(OC(C)C)ccn3)n2)nc1. The summed E-state index contributed by atoms with van der Waals surface area (Å²) in [5.74, 6) is 2.28. The minimum Gasteiger partial charge on any atom is -0.495 e. The normalized spacial score (nSPS) is 10.7. The molecule has 3 aromatic heterocycles. The molecule has 1 N–H and O–H groups in total. The Labute approximate surface area is 138 Å². The minimum absolute atomic E-state index is 0.0800. The minimum atomic E-state index is 0.0800. The van der Waals surface area contributed by atoms with Gasteiger partial charge >= 0.3 is 6.01 Å². The summed E-state index contributed by atoms with van der Waals surface area (Å²) < 4.78 is 15.9. The van der Waals surface area contributed by atoms with Crippen molar-refractivity contribution in [1.82, 2.24) is 20.1 Å². The third kappa shape index (κ3) is 3.78. The summed E-state index contributed by atoms with van der Waals surface area (Å²) >= 11 is 0. The molecule has 0 aliphatic heterocycles. The van der Waals surface area contributed by atoms with Gasteiger partial charge in [-0.3, -0.25) is 5.32 Å². The zero-order chi connectivity index (χ0) is 16.9. The molecule has 0 amide bonds. The Hall–Kier alpha value is -3.16. The van der Waals surface area contributed by atoms with E-state index in [0.717, 1.165) is 0 Å². The Morgan fingerprint density at radius 3 is 2.71 bits per heavy atom. The van der Waals surface area contributed by atoms with Gasteiger partial charge < -0.3 is 14.0 Å². The van der Waals surface area contributed by atoms with Crippen LogP contribution in [0.2, 0.25) is 0 Å². The molecule has 24 heavy (non-hydrogen) atoms. The first kappa shape index (κ1) is 15.7. The molecule has 0 aliphatic carbocycles. The summed E-state index contributed by atoms with van der Waals surface area (Å²) in [6.07, 6.45) is 3.31. The van der Waals surface area contributed by atoms with Crippen molar-refractivity contribution in [2.24, 2.45) is 0 Å². The molecule has 8 nitrogen and oxygen atoms in total. The number of pyridine rings is 2. The molecule has 8 heteroatoms. The lowest BCUT2D eigenvalue weighted by molar-refractivity contribution is 0.242. The van der Waals surface area contributed by atoms with E-state index in [0.29, 0.717) is 28.8 Å².